The Kier molecular flexibility index (Phi) is 3.38. The van der Waals surface area contributed by atoms with E-state index in [4.69, 9.17) is 9.47 Å². The Morgan fingerprint density at radius 3 is 2.79 bits per heavy atom. The molecule has 2 fully saturated rings. The topological polar surface area (TPSA) is 33.7 Å². The van der Waals surface area contributed by atoms with Crippen molar-refractivity contribution >= 4 is 0 Å². The molecule has 0 spiro atoms. The summed E-state index contributed by atoms with van der Waals surface area (Å²) in [5, 5.41) is 3.36. The summed E-state index contributed by atoms with van der Waals surface area (Å²) in [7, 11) is 1.80. The summed E-state index contributed by atoms with van der Waals surface area (Å²) in [6.07, 6.45) is 1.04. The molecule has 0 bridgehead atoms. The summed E-state index contributed by atoms with van der Waals surface area (Å²) in [5.74, 6) is 0. The summed E-state index contributed by atoms with van der Waals surface area (Å²) >= 11 is 0. The van der Waals surface area contributed by atoms with Crippen LogP contribution in [0, 0.1) is 0 Å². The van der Waals surface area contributed by atoms with Gasteiger partial charge in [-0.15, -0.1) is 0 Å². The standard InChI is InChI=1S/C10H20N2O2/c1-13-10(2-7-14-9-10)8-12-5-3-11-4-6-12/h11H,2-9H2,1H3. The van der Waals surface area contributed by atoms with Crippen LogP contribution in [-0.4, -0.2) is 63.5 Å². The highest BCUT2D eigenvalue weighted by Gasteiger charge is 2.36. The first-order chi connectivity index (χ1) is 6.85. The molecule has 82 valence electrons. The maximum Gasteiger partial charge on any atom is 0.106 e. The normalized spacial score (nSPS) is 34.9. The number of nitrogens with zero attached hydrogens (tertiary/aromatic N) is 1. The maximum atomic E-state index is 5.61. The molecule has 2 rings (SSSR count). The van der Waals surface area contributed by atoms with Crippen molar-refractivity contribution in [3.05, 3.63) is 0 Å². The zero-order valence-corrected chi connectivity index (χ0v) is 8.92. The quantitative estimate of drug-likeness (QED) is 0.678. The van der Waals surface area contributed by atoms with Crippen LogP contribution in [0.15, 0.2) is 0 Å². The van der Waals surface area contributed by atoms with Crippen LogP contribution in [0.4, 0.5) is 0 Å². The molecule has 1 unspecified atom stereocenters. The van der Waals surface area contributed by atoms with E-state index in [9.17, 15) is 0 Å². The number of ether oxygens (including phenoxy) is 2. The van der Waals surface area contributed by atoms with Crippen molar-refractivity contribution in [3.63, 3.8) is 0 Å². The SMILES string of the molecule is COC1(CN2CCNCC2)CCOC1. The lowest BCUT2D eigenvalue weighted by atomic mass is 10.0. The molecule has 4 nitrogen and oxygen atoms in total. The molecule has 1 atom stereocenters. The zero-order chi connectivity index (χ0) is 9.86. The van der Waals surface area contributed by atoms with Gasteiger partial charge < -0.3 is 14.8 Å². The lowest BCUT2D eigenvalue weighted by Gasteiger charge is -2.35. The van der Waals surface area contributed by atoms with E-state index < -0.39 is 0 Å². The minimum atomic E-state index is -0.0304. The molecule has 0 aromatic carbocycles. The molecule has 4 heteroatoms. The van der Waals surface area contributed by atoms with Gasteiger partial charge in [-0.05, 0) is 0 Å². The summed E-state index contributed by atoms with van der Waals surface area (Å²) in [5.41, 5.74) is -0.0304. The van der Waals surface area contributed by atoms with Gasteiger partial charge in [-0.2, -0.15) is 0 Å². The molecule has 1 N–H and O–H groups in total. The van der Waals surface area contributed by atoms with Crippen LogP contribution >= 0.6 is 0 Å². The molecule has 2 heterocycles. The van der Waals surface area contributed by atoms with Crippen LogP contribution in [0.1, 0.15) is 6.42 Å². The van der Waals surface area contributed by atoms with Gasteiger partial charge >= 0.3 is 0 Å². The third-order valence-corrected chi connectivity index (χ3v) is 3.22. The highest BCUT2D eigenvalue weighted by molar-refractivity contribution is 4.89. The highest BCUT2D eigenvalue weighted by Crippen LogP contribution is 2.23. The van der Waals surface area contributed by atoms with E-state index in [1.54, 1.807) is 7.11 Å². The second kappa shape index (κ2) is 4.57. The van der Waals surface area contributed by atoms with Crippen molar-refractivity contribution in [2.24, 2.45) is 0 Å². The van der Waals surface area contributed by atoms with Gasteiger partial charge in [0.15, 0.2) is 0 Å². The first-order valence-corrected chi connectivity index (χ1v) is 5.41. The Labute approximate surface area is 85.5 Å². The number of nitrogens with one attached hydrogen (secondary N) is 1. The van der Waals surface area contributed by atoms with Crippen molar-refractivity contribution in [3.8, 4) is 0 Å². The molecule has 2 aliphatic rings. The fourth-order valence-electron chi connectivity index (χ4n) is 2.22. The van der Waals surface area contributed by atoms with E-state index >= 15 is 0 Å². The first kappa shape index (κ1) is 10.4. The average molecular weight is 200 g/mol. The molecule has 14 heavy (non-hydrogen) atoms. The van der Waals surface area contributed by atoms with Crippen LogP contribution in [0.25, 0.3) is 0 Å². The monoisotopic (exact) mass is 200 g/mol. The molecule has 0 aromatic rings. The van der Waals surface area contributed by atoms with Crippen LogP contribution in [0.5, 0.6) is 0 Å². The molecule has 0 radical (unpaired) electrons. The van der Waals surface area contributed by atoms with E-state index in [0.29, 0.717) is 0 Å². The Morgan fingerprint density at radius 1 is 1.43 bits per heavy atom. The van der Waals surface area contributed by atoms with Crippen molar-refractivity contribution in [1.29, 1.82) is 0 Å². The molecular weight excluding hydrogens is 180 g/mol. The number of methoxy groups -OCH3 is 1. The Bertz CT molecular complexity index is 175. The van der Waals surface area contributed by atoms with Gasteiger partial charge in [0, 0.05) is 52.9 Å². The van der Waals surface area contributed by atoms with Crippen molar-refractivity contribution in [2.75, 3.05) is 53.0 Å². The first-order valence-electron chi connectivity index (χ1n) is 5.41. The predicted molar refractivity (Wildman–Crippen MR) is 54.5 cm³/mol. The smallest absolute Gasteiger partial charge is 0.106 e. The van der Waals surface area contributed by atoms with Gasteiger partial charge in [0.05, 0.1) is 6.61 Å². The minimum Gasteiger partial charge on any atom is -0.378 e. The molecule has 2 saturated heterocycles. The van der Waals surface area contributed by atoms with Crippen molar-refractivity contribution in [2.45, 2.75) is 12.0 Å². The van der Waals surface area contributed by atoms with E-state index in [0.717, 1.165) is 52.4 Å². The van der Waals surface area contributed by atoms with E-state index in [1.165, 1.54) is 0 Å². The zero-order valence-electron chi connectivity index (χ0n) is 8.92. The third kappa shape index (κ3) is 2.25. The van der Waals surface area contributed by atoms with Crippen LogP contribution in [-0.2, 0) is 9.47 Å². The lowest BCUT2D eigenvalue weighted by Crippen LogP contribution is -2.51. The van der Waals surface area contributed by atoms with Gasteiger partial charge in [0.25, 0.3) is 0 Å². The number of hydrogen-bond acceptors (Lipinski definition) is 4. The van der Waals surface area contributed by atoms with E-state index in [1.807, 2.05) is 0 Å². The second-order valence-corrected chi connectivity index (χ2v) is 4.22. The van der Waals surface area contributed by atoms with Crippen LogP contribution in [0.3, 0.4) is 0 Å². The summed E-state index contributed by atoms with van der Waals surface area (Å²) < 4.78 is 11.0. The molecule has 0 aromatic heterocycles. The highest BCUT2D eigenvalue weighted by atomic mass is 16.5. The Balaban J connectivity index is 1.86. The largest absolute Gasteiger partial charge is 0.378 e. The summed E-state index contributed by atoms with van der Waals surface area (Å²) in [6.45, 7) is 7.08. The molecule has 0 amide bonds. The number of piperazine rings is 1. The minimum absolute atomic E-state index is 0.0304. The van der Waals surface area contributed by atoms with Crippen LogP contribution < -0.4 is 5.32 Å². The van der Waals surface area contributed by atoms with Gasteiger partial charge in [0.1, 0.15) is 5.60 Å². The Morgan fingerprint density at radius 2 is 2.21 bits per heavy atom. The third-order valence-electron chi connectivity index (χ3n) is 3.22. The second-order valence-electron chi connectivity index (χ2n) is 4.22. The molecule has 0 saturated carbocycles. The van der Waals surface area contributed by atoms with Gasteiger partial charge in [-0.25, -0.2) is 0 Å². The van der Waals surface area contributed by atoms with E-state index in [2.05, 4.69) is 10.2 Å². The van der Waals surface area contributed by atoms with Gasteiger partial charge in [0.2, 0.25) is 0 Å². The van der Waals surface area contributed by atoms with Gasteiger partial charge in [-0.3, -0.25) is 4.90 Å². The number of rotatable bonds is 3. The fraction of sp³-hybridized carbons (Fsp3) is 1.00. The fourth-order valence-corrected chi connectivity index (χ4v) is 2.22. The molecule has 2 aliphatic heterocycles. The lowest BCUT2D eigenvalue weighted by molar-refractivity contribution is -0.0424. The van der Waals surface area contributed by atoms with Crippen LogP contribution in [0.2, 0.25) is 0 Å². The summed E-state index contributed by atoms with van der Waals surface area (Å²) in [4.78, 5) is 2.47. The Hall–Kier alpha value is -0.160. The van der Waals surface area contributed by atoms with Crippen molar-refractivity contribution in [1.82, 2.24) is 10.2 Å². The summed E-state index contributed by atoms with van der Waals surface area (Å²) in [6, 6.07) is 0. The van der Waals surface area contributed by atoms with Gasteiger partial charge in [-0.1, -0.05) is 0 Å². The average Bonchev–Trinajstić information content (AvgIpc) is 2.69. The molecule has 0 aliphatic carbocycles. The molecular formula is C10H20N2O2. The number of hydrogen-bond donors (Lipinski definition) is 1. The van der Waals surface area contributed by atoms with E-state index in [-0.39, 0.29) is 5.60 Å². The predicted octanol–water partition coefficient (Wildman–Crippen LogP) is -0.303. The van der Waals surface area contributed by atoms with Crippen molar-refractivity contribution < 1.29 is 9.47 Å². The maximum absolute atomic E-state index is 5.61.